The molecule has 2 N–H and O–H groups in total. The van der Waals surface area contributed by atoms with Crippen LogP contribution >= 0.6 is 0 Å². The Morgan fingerprint density at radius 2 is 1.59 bits per heavy atom. The van der Waals surface area contributed by atoms with Gasteiger partial charge in [-0.1, -0.05) is 12.1 Å². The Kier molecular flexibility index (Phi) is 4.16. The van der Waals surface area contributed by atoms with E-state index in [2.05, 4.69) is 9.97 Å². The Bertz CT molecular complexity index is 1090. The molecule has 0 bridgehead atoms. The van der Waals surface area contributed by atoms with E-state index >= 15 is 0 Å². The van der Waals surface area contributed by atoms with E-state index in [1.807, 2.05) is 0 Å². The Morgan fingerprint density at radius 3 is 2.28 bits per heavy atom. The van der Waals surface area contributed by atoms with E-state index in [1.165, 1.54) is 4.90 Å². The van der Waals surface area contributed by atoms with Crippen LogP contribution in [0.25, 0.3) is 11.0 Å². The van der Waals surface area contributed by atoms with Crippen LogP contribution in [0.15, 0.2) is 48.8 Å². The Morgan fingerprint density at radius 1 is 0.931 bits per heavy atom. The van der Waals surface area contributed by atoms with Crippen molar-refractivity contribution in [2.75, 3.05) is 5.73 Å². The highest BCUT2D eigenvalue weighted by Gasteiger charge is 2.41. The monoisotopic (exact) mass is 388 g/mol. The molecule has 5 rings (SSSR count). The van der Waals surface area contributed by atoms with Crippen LogP contribution in [0, 0.1) is 0 Å². The predicted molar refractivity (Wildman–Crippen MR) is 108 cm³/mol. The number of fused-ring (bicyclic) bond motifs is 2. The number of hydrogen-bond acceptors (Lipinski definition) is 6. The van der Waals surface area contributed by atoms with Gasteiger partial charge in [0.25, 0.3) is 11.8 Å². The zero-order valence-corrected chi connectivity index (χ0v) is 15.7. The summed E-state index contributed by atoms with van der Waals surface area (Å²) in [6.07, 6.45) is 6.14. The Labute approximate surface area is 167 Å². The van der Waals surface area contributed by atoms with Crippen LogP contribution in [0.2, 0.25) is 0 Å². The van der Waals surface area contributed by atoms with Gasteiger partial charge in [0.2, 0.25) is 0 Å². The number of imide groups is 1. The summed E-state index contributed by atoms with van der Waals surface area (Å²) in [4.78, 5) is 35.5. The average Bonchev–Trinajstić information content (AvgIpc) is 2.99. The Balaban J connectivity index is 1.30. The van der Waals surface area contributed by atoms with E-state index < -0.39 is 0 Å². The molecule has 0 spiro atoms. The molecule has 0 unspecified atom stereocenters. The molecule has 1 saturated carbocycles. The molecule has 2 aliphatic rings. The zero-order chi connectivity index (χ0) is 20.0. The maximum absolute atomic E-state index is 12.7. The highest BCUT2D eigenvalue weighted by Crippen LogP contribution is 2.34. The van der Waals surface area contributed by atoms with Gasteiger partial charge in [0, 0.05) is 30.2 Å². The third-order valence-electron chi connectivity index (χ3n) is 5.69. The quantitative estimate of drug-likeness (QED) is 0.546. The first-order valence-corrected chi connectivity index (χ1v) is 9.75. The van der Waals surface area contributed by atoms with E-state index in [-0.39, 0.29) is 24.0 Å². The van der Waals surface area contributed by atoms with Gasteiger partial charge in [0.05, 0.1) is 22.7 Å². The third-order valence-corrected chi connectivity index (χ3v) is 5.69. The molecule has 3 aromatic rings. The van der Waals surface area contributed by atoms with Crippen LogP contribution in [0.1, 0.15) is 46.4 Å². The zero-order valence-electron chi connectivity index (χ0n) is 15.7. The lowest BCUT2D eigenvalue weighted by molar-refractivity contribution is 0.0479. The van der Waals surface area contributed by atoms with Crippen molar-refractivity contribution in [1.82, 2.24) is 14.9 Å². The van der Waals surface area contributed by atoms with Crippen molar-refractivity contribution in [1.29, 1.82) is 0 Å². The summed E-state index contributed by atoms with van der Waals surface area (Å²) in [6.45, 7) is 0. The minimum atomic E-state index is -0.188. The van der Waals surface area contributed by atoms with Gasteiger partial charge in [-0.3, -0.25) is 19.5 Å². The number of carbonyl (C=O) groups is 2. The van der Waals surface area contributed by atoms with Crippen LogP contribution < -0.4 is 10.5 Å². The maximum Gasteiger partial charge on any atom is 0.261 e. The lowest BCUT2D eigenvalue weighted by atomic mass is 9.91. The summed E-state index contributed by atoms with van der Waals surface area (Å²) in [7, 11) is 0. The van der Waals surface area contributed by atoms with Gasteiger partial charge in [0.15, 0.2) is 0 Å². The summed E-state index contributed by atoms with van der Waals surface area (Å²) in [5.41, 5.74) is 8.94. The molecular formula is C22H20N4O3. The molecule has 2 aromatic carbocycles. The second-order valence-electron chi connectivity index (χ2n) is 7.52. The van der Waals surface area contributed by atoms with E-state index in [0.717, 1.165) is 12.8 Å². The van der Waals surface area contributed by atoms with Crippen LogP contribution in [0.3, 0.4) is 0 Å². The number of hydrogen-bond donors (Lipinski definition) is 1. The lowest BCUT2D eigenvalue weighted by Crippen LogP contribution is -2.43. The minimum Gasteiger partial charge on any atom is -0.488 e. The van der Waals surface area contributed by atoms with Gasteiger partial charge in [-0.2, -0.15) is 0 Å². The second kappa shape index (κ2) is 6.84. The average molecular weight is 388 g/mol. The summed E-state index contributed by atoms with van der Waals surface area (Å²) < 4.78 is 6.21. The van der Waals surface area contributed by atoms with Gasteiger partial charge in [-0.25, -0.2) is 4.98 Å². The van der Waals surface area contributed by atoms with Crippen molar-refractivity contribution in [3.05, 3.63) is 59.9 Å². The van der Waals surface area contributed by atoms with Crippen molar-refractivity contribution in [3.63, 3.8) is 0 Å². The van der Waals surface area contributed by atoms with E-state index in [9.17, 15) is 9.59 Å². The van der Waals surface area contributed by atoms with Crippen molar-refractivity contribution in [2.24, 2.45) is 0 Å². The summed E-state index contributed by atoms with van der Waals surface area (Å²) in [5.74, 6) is 0.247. The number of ether oxygens (including phenoxy) is 1. The van der Waals surface area contributed by atoms with Crippen LogP contribution in [0.5, 0.6) is 5.75 Å². The van der Waals surface area contributed by atoms with E-state index in [1.54, 1.807) is 48.8 Å². The summed E-state index contributed by atoms with van der Waals surface area (Å²) in [6, 6.07) is 10.5. The number of benzene rings is 2. The molecule has 0 saturated heterocycles. The van der Waals surface area contributed by atoms with Crippen LogP contribution in [0.4, 0.5) is 5.69 Å². The van der Waals surface area contributed by atoms with Gasteiger partial charge in [-0.15, -0.1) is 0 Å². The number of amides is 2. The molecule has 2 heterocycles. The molecule has 0 radical (unpaired) electrons. The number of nitrogen functional groups attached to an aromatic ring is 1. The standard InChI is InChI=1S/C22H20N4O3/c23-13-11-18-20(25-10-9-24-18)19(12-13)29-15-7-5-14(6-8-15)26-21(27)16-3-1-2-4-17(16)22(26)28/h1-4,9-12,14-15H,5-8,23H2/t14-,15+. The molecule has 1 fully saturated rings. The van der Waals surface area contributed by atoms with Gasteiger partial charge in [-0.05, 0) is 43.9 Å². The van der Waals surface area contributed by atoms with Gasteiger partial charge in [0.1, 0.15) is 11.3 Å². The van der Waals surface area contributed by atoms with Crippen molar-refractivity contribution < 1.29 is 14.3 Å². The second-order valence-corrected chi connectivity index (χ2v) is 7.52. The molecule has 1 aromatic heterocycles. The number of nitrogens with zero attached hydrogens (tertiary/aromatic N) is 3. The number of nitrogens with two attached hydrogens (primary N) is 1. The number of carbonyl (C=O) groups excluding carboxylic acids is 2. The molecule has 1 aliphatic heterocycles. The first-order valence-electron chi connectivity index (χ1n) is 9.75. The fraction of sp³-hybridized carbons (Fsp3) is 0.273. The number of anilines is 1. The topological polar surface area (TPSA) is 98.4 Å². The number of aromatic nitrogens is 2. The summed E-state index contributed by atoms with van der Waals surface area (Å²) >= 11 is 0. The maximum atomic E-state index is 12.7. The fourth-order valence-corrected chi connectivity index (χ4v) is 4.29. The molecule has 1 aliphatic carbocycles. The van der Waals surface area contributed by atoms with Gasteiger partial charge >= 0.3 is 0 Å². The molecule has 146 valence electrons. The fourth-order valence-electron chi connectivity index (χ4n) is 4.29. The van der Waals surface area contributed by atoms with Crippen molar-refractivity contribution >= 4 is 28.5 Å². The normalized spacial score (nSPS) is 21.4. The largest absolute Gasteiger partial charge is 0.488 e. The lowest BCUT2D eigenvalue weighted by Gasteiger charge is -2.33. The van der Waals surface area contributed by atoms with Crippen molar-refractivity contribution in [3.8, 4) is 5.75 Å². The molecule has 2 amide bonds. The molecular weight excluding hydrogens is 368 g/mol. The van der Waals surface area contributed by atoms with Crippen LogP contribution in [-0.2, 0) is 0 Å². The third kappa shape index (κ3) is 2.99. The molecule has 7 heteroatoms. The highest BCUT2D eigenvalue weighted by atomic mass is 16.5. The smallest absolute Gasteiger partial charge is 0.261 e. The molecule has 29 heavy (non-hydrogen) atoms. The SMILES string of the molecule is Nc1cc(O[C@H]2CC[C@@H](N3C(=O)c4ccccc4C3=O)CC2)c2nccnc2c1. The van der Waals surface area contributed by atoms with Gasteiger partial charge < -0.3 is 10.5 Å². The first-order chi connectivity index (χ1) is 14.1. The first kappa shape index (κ1) is 17.6. The summed E-state index contributed by atoms with van der Waals surface area (Å²) in [5, 5.41) is 0. The van der Waals surface area contributed by atoms with Crippen molar-refractivity contribution in [2.45, 2.75) is 37.8 Å². The Hall–Kier alpha value is -3.48. The highest BCUT2D eigenvalue weighted by molar-refractivity contribution is 6.21. The molecule has 7 nitrogen and oxygen atoms in total. The van der Waals surface area contributed by atoms with E-state index in [0.29, 0.717) is 46.4 Å². The minimum absolute atomic E-state index is 0.0200. The predicted octanol–water partition coefficient (Wildman–Crippen LogP) is 3.20. The number of rotatable bonds is 3. The molecule has 0 atom stereocenters. The van der Waals surface area contributed by atoms with E-state index in [4.69, 9.17) is 10.5 Å². The van der Waals surface area contributed by atoms with Crippen LogP contribution in [-0.4, -0.2) is 38.8 Å².